The van der Waals surface area contributed by atoms with Gasteiger partial charge < -0.3 is 18.9 Å². The maximum Gasteiger partial charge on any atom is 0.308 e. The summed E-state index contributed by atoms with van der Waals surface area (Å²) in [5.74, 6) is -5.18. The van der Waals surface area contributed by atoms with Crippen molar-refractivity contribution in [2.75, 3.05) is 14.2 Å². The number of esters is 2. The van der Waals surface area contributed by atoms with Gasteiger partial charge in [-0.05, 0) is 47.5 Å². The van der Waals surface area contributed by atoms with Crippen LogP contribution in [-0.4, -0.2) is 49.8 Å². The lowest BCUT2D eigenvalue weighted by Gasteiger charge is -2.09. The molecule has 0 aliphatic heterocycles. The molecule has 10 heteroatoms. The highest BCUT2D eigenvalue weighted by molar-refractivity contribution is 6.40. The summed E-state index contributed by atoms with van der Waals surface area (Å²) in [5, 5.41) is 0. The number of allylic oxidation sites excluding steroid dienone is 2. The van der Waals surface area contributed by atoms with E-state index in [4.69, 9.17) is 18.9 Å². The van der Waals surface area contributed by atoms with Crippen LogP contribution in [0.2, 0.25) is 0 Å². The number of aldehydes is 1. The van der Waals surface area contributed by atoms with E-state index in [1.54, 1.807) is 0 Å². The molecule has 0 radical (unpaired) electrons. The minimum absolute atomic E-state index is 0.0873. The SMILES string of the molecule is COc1cc(/C=C/C(=O)C(C(=O)C=O)C(=O)/C=C/c2ccc(OC(C)=O)c(OC)c2)ccc1OC(C)=O. The van der Waals surface area contributed by atoms with Crippen LogP contribution >= 0.6 is 0 Å². The van der Waals surface area contributed by atoms with Crippen molar-refractivity contribution in [1.29, 1.82) is 0 Å². The van der Waals surface area contributed by atoms with Crippen molar-refractivity contribution in [1.82, 2.24) is 0 Å². The predicted octanol–water partition coefficient (Wildman–Crippen LogP) is 2.80. The van der Waals surface area contributed by atoms with Crippen LogP contribution in [0.25, 0.3) is 12.2 Å². The average Bonchev–Trinajstić information content (AvgIpc) is 2.86. The lowest BCUT2D eigenvalue weighted by atomic mass is 9.93. The van der Waals surface area contributed by atoms with E-state index in [-0.39, 0.29) is 29.3 Å². The summed E-state index contributed by atoms with van der Waals surface area (Å²) >= 11 is 0. The predicted molar refractivity (Wildman–Crippen MR) is 131 cm³/mol. The third-order valence-electron chi connectivity index (χ3n) is 4.73. The van der Waals surface area contributed by atoms with E-state index in [9.17, 15) is 28.8 Å². The van der Waals surface area contributed by atoms with Crippen molar-refractivity contribution in [3.63, 3.8) is 0 Å². The molecule has 10 nitrogen and oxygen atoms in total. The number of Topliss-reactive ketones (excluding diaryl/α,β-unsaturated/α-hetero) is 1. The number of hydrogen-bond donors (Lipinski definition) is 0. The lowest BCUT2D eigenvalue weighted by molar-refractivity contribution is -0.140. The first-order valence-electron chi connectivity index (χ1n) is 10.7. The summed E-state index contributed by atoms with van der Waals surface area (Å²) in [6.45, 7) is 2.46. The highest BCUT2D eigenvalue weighted by Gasteiger charge is 2.30. The molecule has 192 valence electrons. The fourth-order valence-corrected chi connectivity index (χ4v) is 3.09. The molecule has 0 atom stereocenters. The fourth-order valence-electron chi connectivity index (χ4n) is 3.09. The molecule has 0 unspecified atom stereocenters. The van der Waals surface area contributed by atoms with Crippen LogP contribution in [0.15, 0.2) is 48.6 Å². The van der Waals surface area contributed by atoms with Gasteiger partial charge in [-0.2, -0.15) is 0 Å². The summed E-state index contributed by atoms with van der Waals surface area (Å²) in [6.07, 6.45) is 4.55. The van der Waals surface area contributed by atoms with Gasteiger partial charge in [-0.1, -0.05) is 24.3 Å². The summed E-state index contributed by atoms with van der Waals surface area (Å²) in [7, 11) is 2.73. The molecule has 0 fully saturated rings. The minimum atomic E-state index is -1.87. The van der Waals surface area contributed by atoms with Crippen molar-refractivity contribution in [2.24, 2.45) is 5.92 Å². The van der Waals surface area contributed by atoms with Gasteiger partial charge in [0.2, 0.25) is 5.78 Å². The number of hydrogen-bond acceptors (Lipinski definition) is 10. The quantitative estimate of drug-likeness (QED) is 0.105. The van der Waals surface area contributed by atoms with Crippen LogP contribution in [0, 0.1) is 5.92 Å². The number of ether oxygens (including phenoxy) is 4. The number of carbonyl (C=O) groups is 6. The molecule has 2 rings (SSSR count). The molecule has 2 aromatic carbocycles. The van der Waals surface area contributed by atoms with E-state index in [2.05, 4.69) is 0 Å². The van der Waals surface area contributed by atoms with Crippen molar-refractivity contribution < 1.29 is 47.7 Å². The molecule has 0 saturated carbocycles. The van der Waals surface area contributed by atoms with Gasteiger partial charge in [0.25, 0.3) is 0 Å². The molecule has 0 aromatic heterocycles. The Labute approximate surface area is 212 Å². The fraction of sp³-hybridized carbons (Fsp3) is 0.185. The van der Waals surface area contributed by atoms with Crippen LogP contribution in [-0.2, 0) is 28.8 Å². The van der Waals surface area contributed by atoms with Crippen molar-refractivity contribution in [2.45, 2.75) is 13.8 Å². The molecular weight excluding hydrogens is 484 g/mol. The summed E-state index contributed by atoms with van der Waals surface area (Å²) < 4.78 is 20.3. The Balaban J connectivity index is 2.25. The number of rotatable bonds is 12. The van der Waals surface area contributed by atoms with E-state index in [1.807, 2.05) is 0 Å². The third-order valence-corrected chi connectivity index (χ3v) is 4.73. The first-order valence-corrected chi connectivity index (χ1v) is 10.7. The second kappa shape index (κ2) is 13.3. The Kier molecular flexibility index (Phi) is 10.2. The number of benzene rings is 2. The topological polar surface area (TPSA) is 139 Å². The Morgan fingerprint density at radius 1 is 0.649 bits per heavy atom. The zero-order chi connectivity index (χ0) is 27.5. The molecule has 0 bridgehead atoms. The molecule has 2 aromatic rings. The molecule has 0 heterocycles. The Bertz CT molecular complexity index is 1200. The van der Waals surface area contributed by atoms with Gasteiger partial charge >= 0.3 is 11.9 Å². The Morgan fingerprint density at radius 3 is 1.38 bits per heavy atom. The van der Waals surface area contributed by atoms with E-state index in [0.29, 0.717) is 11.1 Å². The van der Waals surface area contributed by atoms with Gasteiger partial charge in [0.1, 0.15) is 0 Å². The Morgan fingerprint density at radius 2 is 1.05 bits per heavy atom. The van der Waals surface area contributed by atoms with Gasteiger partial charge in [-0.15, -0.1) is 0 Å². The zero-order valence-corrected chi connectivity index (χ0v) is 20.5. The van der Waals surface area contributed by atoms with Crippen LogP contribution in [0.3, 0.4) is 0 Å². The van der Waals surface area contributed by atoms with Crippen molar-refractivity contribution >= 4 is 47.7 Å². The average molecular weight is 508 g/mol. The summed E-state index contributed by atoms with van der Waals surface area (Å²) in [6, 6.07) is 8.91. The summed E-state index contributed by atoms with van der Waals surface area (Å²) in [5.41, 5.74) is 0.891. The summed E-state index contributed by atoms with van der Waals surface area (Å²) in [4.78, 5) is 71.0. The van der Waals surface area contributed by atoms with Gasteiger partial charge in [0.05, 0.1) is 14.2 Å². The lowest BCUT2D eigenvalue weighted by Crippen LogP contribution is -2.30. The Hall–Kier alpha value is -4.86. The van der Waals surface area contributed by atoms with Gasteiger partial charge in [0.15, 0.2) is 46.8 Å². The normalized spacial score (nSPS) is 10.8. The smallest absolute Gasteiger partial charge is 0.308 e. The second-order valence-corrected chi connectivity index (χ2v) is 7.43. The van der Waals surface area contributed by atoms with E-state index >= 15 is 0 Å². The van der Waals surface area contributed by atoms with Crippen LogP contribution in [0.1, 0.15) is 25.0 Å². The van der Waals surface area contributed by atoms with Crippen LogP contribution in [0.4, 0.5) is 0 Å². The molecule has 0 aliphatic carbocycles. The number of ketones is 3. The maximum atomic E-state index is 12.7. The highest BCUT2D eigenvalue weighted by atomic mass is 16.6. The van der Waals surface area contributed by atoms with E-state index < -0.39 is 35.2 Å². The molecule has 0 N–H and O–H groups in total. The van der Waals surface area contributed by atoms with Gasteiger partial charge in [-0.25, -0.2) is 0 Å². The zero-order valence-electron chi connectivity index (χ0n) is 20.5. The molecule has 37 heavy (non-hydrogen) atoms. The first kappa shape index (κ1) is 28.4. The molecule has 0 aliphatic rings. The molecular formula is C27H24O10. The van der Waals surface area contributed by atoms with Gasteiger partial charge in [0, 0.05) is 13.8 Å². The highest BCUT2D eigenvalue weighted by Crippen LogP contribution is 2.30. The largest absolute Gasteiger partial charge is 0.493 e. The number of carbonyl (C=O) groups excluding carboxylic acids is 6. The van der Waals surface area contributed by atoms with Crippen molar-refractivity contribution in [3.8, 4) is 23.0 Å². The van der Waals surface area contributed by atoms with Crippen LogP contribution in [0.5, 0.6) is 23.0 Å². The van der Waals surface area contributed by atoms with Crippen molar-refractivity contribution in [3.05, 3.63) is 59.7 Å². The van der Waals surface area contributed by atoms with Crippen LogP contribution < -0.4 is 18.9 Å². The minimum Gasteiger partial charge on any atom is -0.493 e. The third kappa shape index (κ3) is 8.10. The standard InChI is InChI=1S/C27H24O10/c1-16(29)36-23-11-7-18(13-25(23)34-3)5-9-20(31)27(22(33)15-28)21(32)10-6-19-8-12-24(37-17(2)30)26(14-19)35-4/h5-15,27H,1-4H3/b9-5+,10-6+. The second-order valence-electron chi connectivity index (χ2n) is 7.43. The first-order chi connectivity index (χ1) is 17.6. The molecule has 0 saturated heterocycles. The monoisotopic (exact) mass is 508 g/mol. The number of methoxy groups -OCH3 is 2. The molecule has 0 amide bonds. The maximum absolute atomic E-state index is 12.7. The van der Waals surface area contributed by atoms with Gasteiger partial charge in [-0.3, -0.25) is 28.8 Å². The van der Waals surface area contributed by atoms with E-state index in [0.717, 1.165) is 12.2 Å². The molecule has 0 spiro atoms. The van der Waals surface area contributed by atoms with E-state index in [1.165, 1.54) is 76.6 Å².